The lowest BCUT2D eigenvalue weighted by atomic mass is 10.2. The van der Waals surface area contributed by atoms with Gasteiger partial charge in [-0.25, -0.2) is 9.98 Å². The molecular weight excluding hydrogens is 544 g/mol. The Morgan fingerprint density at radius 1 is 1.35 bits per heavy atom. The van der Waals surface area contributed by atoms with Crippen molar-refractivity contribution in [3.63, 3.8) is 0 Å². The van der Waals surface area contributed by atoms with Gasteiger partial charge in [0.15, 0.2) is 12.6 Å². The Labute approximate surface area is 201 Å². The minimum Gasteiger partial charge on any atom is -0.484 e. The van der Waals surface area contributed by atoms with Gasteiger partial charge in [0.05, 0.1) is 18.8 Å². The van der Waals surface area contributed by atoms with E-state index in [2.05, 4.69) is 15.3 Å². The van der Waals surface area contributed by atoms with Crippen LogP contribution in [0.15, 0.2) is 34.6 Å². The molecule has 31 heavy (non-hydrogen) atoms. The zero-order valence-corrected chi connectivity index (χ0v) is 21.0. The molecule has 1 aromatic carbocycles. The topological polar surface area (TPSA) is 59.0 Å². The van der Waals surface area contributed by atoms with E-state index in [1.165, 1.54) is 6.07 Å². The van der Waals surface area contributed by atoms with E-state index in [1.54, 1.807) is 36.6 Å². The average Bonchev–Trinajstić information content (AvgIpc) is 3.17. The molecule has 0 amide bonds. The number of aromatic nitrogens is 1. The highest BCUT2D eigenvalue weighted by atomic mass is 127. The quantitative estimate of drug-likeness (QED) is 0.260. The first kappa shape index (κ1) is 27.4. The number of rotatable bonds is 9. The molecule has 0 spiro atoms. The van der Waals surface area contributed by atoms with Gasteiger partial charge in [0.2, 0.25) is 0 Å². The van der Waals surface area contributed by atoms with Gasteiger partial charge in [-0.2, -0.15) is 13.2 Å². The van der Waals surface area contributed by atoms with Crippen LogP contribution in [0.2, 0.25) is 0 Å². The maximum Gasteiger partial charge on any atom is 0.422 e. The fourth-order valence-electron chi connectivity index (χ4n) is 2.54. The molecule has 2 aromatic rings. The SMILES string of the molecule is CCNC(=NCc1cccc(OCC(F)(F)F)c1)N(C)Cc1csc(C(C)OC)n1.I. The first-order chi connectivity index (χ1) is 14.2. The molecule has 0 saturated heterocycles. The van der Waals surface area contributed by atoms with Crippen LogP contribution in [-0.2, 0) is 17.8 Å². The summed E-state index contributed by atoms with van der Waals surface area (Å²) in [5.41, 5.74) is 1.66. The molecule has 0 fully saturated rings. The number of benzene rings is 1. The van der Waals surface area contributed by atoms with Crippen molar-refractivity contribution in [3.05, 3.63) is 45.9 Å². The summed E-state index contributed by atoms with van der Waals surface area (Å²) in [5, 5.41) is 6.13. The average molecular weight is 572 g/mol. The lowest BCUT2D eigenvalue weighted by Gasteiger charge is -2.21. The van der Waals surface area contributed by atoms with Crippen molar-refractivity contribution >= 4 is 41.3 Å². The Bertz CT molecular complexity index is 833. The smallest absolute Gasteiger partial charge is 0.422 e. The van der Waals surface area contributed by atoms with E-state index in [-0.39, 0.29) is 35.8 Å². The number of guanidine groups is 1. The third kappa shape index (κ3) is 9.60. The fraction of sp³-hybridized carbons (Fsp3) is 0.500. The molecule has 2 rings (SSSR count). The largest absolute Gasteiger partial charge is 0.484 e. The minimum atomic E-state index is -4.37. The number of hydrogen-bond donors (Lipinski definition) is 1. The molecule has 0 aliphatic rings. The predicted octanol–water partition coefficient (Wildman–Crippen LogP) is 5.01. The monoisotopic (exact) mass is 572 g/mol. The normalized spacial score (nSPS) is 12.8. The van der Waals surface area contributed by atoms with E-state index < -0.39 is 12.8 Å². The maximum atomic E-state index is 12.3. The van der Waals surface area contributed by atoms with Crippen LogP contribution < -0.4 is 10.1 Å². The molecule has 6 nitrogen and oxygen atoms in total. The first-order valence-electron chi connectivity index (χ1n) is 9.47. The lowest BCUT2D eigenvalue weighted by molar-refractivity contribution is -0.153. The second-order valence-corrected chi connectivity index (χ2v) is 7.52. The van der Waals surface area contributed by atoms with Crippen LogP contribution in [-0.4, -0.2) is 49.3 Å². The number of nitrogens with zero attached hydrogens (tertiary/aromatic N) is 3. The van der Waals surface area contributed by atoms with Crippen LogP contribution in [0.3, 0.4) is 0 Å². The third-order valence-electron chi connectivity index (χ3n) is 4.08. The predicted molar refractivity (Wildman–Crippen MR) is 127 cm³/mol. The molecule has 1 N–H and O–H groups in total. The van der Waals surface area contributed by atoms with Gasteiger partial charge in [0, 0.05) is 26.1 Å². The number of methoxy groups -OCH3 is 1. The molecule has 0 bridgehead atoms. The van der Waals surface area contributed by atoms with Crippen LogP contribution in [0.25, 0.3) is 0 Å². The van der Waals surface area contributed by atoms with Crippen molar-refractivity contribution in [2.75, 3.05) is 27.3 Å². The summed E-state index contributed by atoms with van der Waals surface area (Å²) in [6.07, 6.45) is -4.42. The van der Waals surface area contributed by atoms with Crippen molar-refractivity contribution in [1.82, 2.24) is 15.2 Å². The first-order valence-corrected chi connectivity index (χ1v) is 10.3. The minimum absolute atomic E-state index is 0. The Morgan fingerprint density at radius 3 is 2.74 bits per heavy atom. The van der Waals surface area contributed by atoms with Crippen LogP contribution in [0.1, 0.15) is 36.2 Å². The Balaban J connectivity index is 0.00000480. The van der Waals surface area contributed by atoms with E-state index in [1.807, 2.05) is 31.2 Å². The number of thiazole rings is 1. The summed E-state index contributed by atoms with van der Waals surface area (Å²) >= 11 is 1.55. The van der Waals surface area contributed by atoms with Crippen LogP contribution in [0, 0.1) is 0 Å². The third-order valence-corrected chi connectivity index (χ3v) is 5.13. The fourth-order valence-corrected chi connectivity index (χ4v) is 3.38. The van der Waals surface area contributed by atoms with Crippen molar-refractivity contribution in [3.8, 4) is 5.75 Å². The van der Waals surface area contributed by atoms with Gasteiger partial charge in [0.25, 0.3) is 0 Å². The number of halogens is 4. The van der Waals surface area contributed by atoms with Gasteiger partial charge in [-0.05, 0) is 31.5 Å². The molecule has 1 unspecified atom stereocenters. The standard InChI is InChI=1S/C20H27F3N4O2S.HI/c1-5-24-19(27(3)11-16-12-30-18(26-16)14(2)28-4)25-10-15-7-6-8-17(9-15)29-13-20(21,22)23;/h6-9,12,14H,5,10-11,13H2,1-4H3,(H,24,25);1H. The molecule has 1 aromatic heterocycles. The van der Waals surface area contributed by atoms with E-state index in [0.29, 0.717) is 25.6 Å². The van der Waals surface area contributed by atoms with Crippen LogP contribution in [0.4, 0.5) is 13.2 Å². The van der Waals surface area contributed by atoms with E-state index in [9.17, 15) is 13.2 Å². The van der Waals surface area contributed by atoms with Gasteiger partial charge < -0.3 is 19.7 Å². The van der Waals surface area contributed by atoms with Gasteiger partial charge in [-0.1, -0.05) is 12.1 Å². The van der Waals surface area contributed by atoms with Gasteiger partial charge >= 0.3 is 6.18 Å². The molecule has 0 saturated carbocycles. The molecular formula is C20H28F3IN4O2S. The molecule has 1 atom stereocenters. The van der Waals surface area contributed by atoms with E-state index in [0.717, 1.165) is 16.3 Å². The summed E-state index contributed by atoms with van der Waals surface area (Å²) in [7, 11) is 3.56. The summed E-state index contributed by atoms with van der Waals surface area (Å²) in [4.78, 5) is 11.1. The number of ether oxygens (including phenoxy) is 2. The zero-order valence-electron chi connectivity index (χ0n) is 17.9. The summed E-state index contributed by atoms with van der Waals surface area (Å²) in [6, 6.07) is 6.52. The highest BCUT2D eigenvalue weighted by molar-refractivity contribution is 14.0. The van der Waals surface area contributed by atoms with E-state index in [4.69, 9.17) is 9.47 Å². The molecule has 0 aliphatic heterocycles. The van der Waals surface area contributed by atoms with Crippen LogP contribution >= 0.6 is 35.3 Å². The Hall–Kier alpha value is -1.60. The van der Waals surface area contributed by atoms with Gasteiger partial charge in [-0.15, -0.1) is 35.3 Å². The second-order valence-electron chi connectivity index (χ2n) is 6.63. The molecule has 1 heterocycles. The summed E-state index contributed by atoms with van der Waals surface area (Å²) < 4.78 is 47.1. The van der Waals surface area contributed by atoms with Crippen molar-refractivity contribution in [1.29, 1.82) is 0 Å². The summed E-state index contributed by atoms with van der Waals surface area (Å²) in [6.45, 7) is 4.15. The molecule has 0 radical (unpaired) electrons. The summed E-state index contributed by atoms with van der Waals surface area (Å²) in [5.74, 6) is 0.842. The van der Waals surface area contributed by atoms with E-state index >= 15 is 0 Å². The second kappa shape index (κ2) is 13.1. The Kier molecular flexibility index (Phi) is 11.6. The highest BCUT2D eigenvalue weighted by Crippen LogP contribution is 2.21. The van der Waals surface area contributed by atoms with Crippen molar-refractivity contribution < 1.29 is 22.6 Å². The number of nitrogens with one attached hydrogen (secondary N) is 1. The van der Waals surface area contributed by atoms with Gasteiger partial charge in [0.1, 0.15) is 16.9 Å². The number of hydrogen-bond acceptors (Lipinski definition) is 5. The Morgan fingerprint density at radius 2 is 2.10 bits per heavy atom. The van der Waals surface area contributed by atoms with Crippen molar-refractivity contribution in [2.24, 2.45) is 4.99 Å². The molecule has 0 aliphatic carbocycles. The van der Waals surface area contributed by atoms with Crippen molar-refractivity contribution in [2.45, 2.75) is 39.2 Å². The number of alkyl halides is 3. The molecule has 11 heteroatoms. The number of aliphatic imine (C=N–C) groups is 1. The highest BCUT2D eigenvalue weighted by Gasteiger charge is 2.28. The maximum absolute atomic E-state index is 12.3. The van der Waals surface area contributed by atoms with Gasteiger partial charge in [-0.3, -0.25) is 0 Å². The zero-order chi connectivity index (χ0) is 22.1. The molecule has 174 valence electrons. The van der Waals surface area contributed by atoms with Crippen LogP contribution in [0.5, 0.6) is 5.75 Å². The lowest BCUT2D eigenvalue weighted by Crippen LogP contribution is -2.38.